The molecule has 328 valence electrons. The second-order valence-electron chi connectivity index (χ2n) is 15.2. The molecule has 57 heavy (non-hydrogen) atoms. The van der Waals surface area contributed by atoms with E-state index in [0.29, 0.717) is 23.9 Å². The molecule has 0 amide bonds. The molecule has 0 bridgehead atoms. The zero-order chi connectivity index (χ0) is 42.6. The maximum Gasteiger partial charge on any atom is 0.472 e. The van der Waals surface area contributed by atoms with Crippen molar-refractivity contribution in [2.45, 2.75) is 147 Å². The zero-order valence-corrected chi connectivity index (χ0v) is 36.5. The Labute approximate surface area is 344 Å². The van der Waals surface area contributed by atoms with Gasteiger partial charge in [-0.3, -0.25) is 18.6 Å². The number of quaternary nitrogens is 1. The fraction of sp³-hybridized carbons (Fsp3) is 0.682. The Hall–Kier alpha value is -2.67. The quantitative estimate of drug-likeness (QED) is 0.0120. The molecule has 0 rings (SSSR count). The number of unbranched alkanes of at least 4 members (excludes halogenated alkanes) is 9. The Kier molecular flexibility index (Phi) is 33.6. The fourth-order valence-electron chi connectivity index (χ4n) is 5.11. The van der Waals surface area contributed by atoms with Gasteiger partial charge in [-0.25, -0.2) is 4.57 Å². The SMILES string of the molecule is CC/C=C\C[C@@H](O)/C=C/C=C/C=C\C=C/[C@H](O)[C@@H](O)CCCC(=O)OC[C@H](COP(=O)(O)OCC[N+](C)(C)C)OC(=O)CCCCCCC/C=C\CCCCCC. The summed E-state index contributed by atoms with van der Waals surface area (Å²) >= 11 is 0. The Morgan fingerprint density at radius 2 is 1.28 bits per heavy atom. The summed E-state index contributed by atoms with van der Waals surface area (Å²) in [4.78, 5) is 35.3. The molecular weight excluding hydrogens is 749 g/mol. The minimum Gasteiger partial charge on any atom is -0.462 e. The number of phosphoric acid groups is 1. The molecule has 0 fully saturated rings. The molecule has 0 aliphatic heterocycles. The fourth-order valence-corrected chi connectivity index (χ4v) is 5.85. The van der Waals surface area contributed by atoms with E-state index in [0.717, 1.165) is 44.9 Å². The molecule has 0 saturated heterocycles. The number of hydrogen-bond acceptors (Lipinski definition) is 10. The molecular formula is C44H77NO11P+. The van der Waals surface area contributed by atoms with E-state index in [1.54, 1.807) is 42.5 Å². The molecule has 4 N–H and O–H groups in total. The third-order valence-corrected chi connectivity index (χ3v) is 9.55. The van der Waals surface area contributed by atoms with Gasteiger partial charge in [-0.15, -0.1) is 0 Å². The van der Waals surface area contributed by atoms with Crippen molar-refractivity contribution in [3.8, 4) is 0 Å². The van der Waals surface area contributed by atoms with Gasteiger partial charge in [-0.1, -0.05) is 125 Å². The molecule has 12 nitrogen and oxygen atoms in total. The van der Waals surface area contributed by atoms with Crippen molar-refractivity contribution < 1.29 is 57.4 Å². The third kappa shape index (κ3) is 37.4. The van der Waals surface area contributed by atoms with Crippen LogP contribution in [0.4, 0.5) is 0 Å². The lowest BCUT2D eigenvalue weighted by Crippen LogP contribution is -2.37. The summed E-state index contributed by atoms with van der Waals surface area (Å²) in [6.45, 7) is 3.77. The normalized spacial score (nSPS) is 16.0. The highest BCUT2D eigenvalue weighted by molar-refractivity contribution is 7.47. The van der Waals surface area contributed by atoms with Gasteiger partial charge in [0.1, 0.15) is 19.8 Å². The van der Waals surface area contributed by atoms with Gasteiger partial charge in [0, 0.05) is 12.8 Å². The second-order valence-corrected chi connectivity index (χ2v) is 16.7. The molecule has 0 aromatic heterocycles. The number of esters is 2. The van der Waals surface area contributed by atoms with Crippen LogP contribution in [0.25, 0.3) is 0 Å². The second kappa shape index (κ2) is 35.3. The maximum absolute atomic E-state index is 12.7. The van der Waals surface area contributed by atoms with Crippen LogP contribution < -0.4 is 0 Å². The smallest absolute Gasteiger partial charge is 0.462 e. The zero-order valence-electron chi connectivity index (χ0n) is 35.6. The summed E-state index contributed by atoms with van der Waals surface area (Å²) in [5.41, 5.74) is 0. The summed E-state index contributed by atoms with van der Waals surface area (Å²) in [5, 5.41) is 30.4. The lowest BCUT2D eigenvalue weighted by atomic mass is 10.1. The molecule has 0 heterocycles. The first-order valence-corrected chi connectivity index (χ1v) is 22.5. The van der Waals surface area contributed by atoms with E-state index in [9.17, 15) is 34.4 Å². The lowest BCUT2D eigenvalue weighted by Gasteiger charge is -2.24. The molecule has 0 saturated carbocycles. The first-order valence-electron chi connectivity index (χ1n) is 21.0. The molecule has 1 unspecified atom stereocenters. The largest absolute Gasteiger partial charge is 0.472 e. The van der Waals surface area contributed by atoms with E-state index in [2.05, 4.69) is 19.1 Å². The van der Waals surface area contributed by atoms with Crippen molar-refractivity contribution in [3.05, 3.63) is 72.9 Å². The van der Waals surface area contributed by atoms with Crippen LogP contribution in [0.1, 0.15) is 123 Å². The summed E-state index contributed by atoms with van der Waals surface area (Å²) in [6.07, 6.45) is 31.9. The molecule has 5 atom stereocenters. The van der Waals surface area contributed by atoms with Crippen molar-refractivity contribution in [1.82, 2.24) is 0 Å². The van der Waals surface area contributed by atoms with Gasteiger partial charge in [0.2, 0.25) is 0 Å². The maximum atomic E-state index is 12.7. The average Bonchev–Trinajstić information content (AvgIpc) is 3.15. The van der Waals surface area contributed by atoms with Crippen molar-refractivity contribution in [2.75, 3.05) is 47.5 Å². The van der Waals surface area contributed by atoms with Gasteiger partial charge in [-0.2, -0.15) is 0 Å². The lowest BCUT2D eigenvalue weighted by molar-refractivity contribution is -0.870. The van der Waals surface area contributed by atoms with Crippen molar-refractivity contribution >= 4 is 19.8 Å². The number of aliphatic hydroxyl groups excluding tert-OH is 3. The molecule has 0 aromatic rings. The first-order chi connectivity index (χ1) is 27.2. The van der Waals surface area contributed by atoms with Crippen LogP contribution in [0.3, 0.4) is 0 Å². The van der Waals surface area contributed by atoms with E-state index in [4.69, 9.17) is 18.5 Å². The van der Waals surface area contributed by atoms with Crippen LogP contribution in [0.5, 0.6) is 0 Å². The Morgan fingerprint density at radius 3 is 1.93 bits per heavy atom. The van der Waals surface area contributed by atoms with Gasteiger partial charge in [-0.05, 0) is 57.8 Å². The van der Waals surface area contributed by atoms with Gasteiger partial charge in [0.05, 0.1) is 46.1 Å². The number of nitrogens with zero attached hydrogens (tertiary/aromatic N) is 1. The molecule has 0 spiro atoms. The van der Waals surface area contributed by atoms with Crippen LogP contribution >= 0.6 is 7.82 Å². The van der Waals surface area contributed by atoms with E-state index < -0.39 is 57.4 Å². The number of allylic oxidation sites excluding steroid dienone is 9. The van der Waals surface area contributed by atoms with E-state index in [-0.39, 0.29) is 32.3 Å². The van der Waals surface area contributed by atoms with Crippen LogP contribution in [-0.2, 0) is 32.7 Å². The molecule has 0 radical (unpaired) electrons. The Morgan fingerprint density at radius 1 is 0.684 bits per heavy atom. The van der Waals surface area contributed by atoms with Crippen LogP contribution in [0.2, 0.25) is 0 Å². The van der Waals surface area contributed by atoms with Gasteiger partial charge >= 0.3 is 19.8 Å². The van der Waals surface area contributed by atoms with Gasteiger partial charge < -0.3 is 34.2 Å². The average molecular weight is 827 g/mol. The number of likely N-dealkylation sites (N-methyl/N-ethyl adjacent to an activating group) is 1. The summed E-state index contributed by atoms with van der Waals surface area (Å²) < 4.78 is 33.9. The first kappa shape index (κ1) is 54.3. The topological polar surface area (TPSA) is 169 Å². The Balaban J connectivity index is 4.75. The highest BCUT2D eigenvalue weighted by atomic mass is 31.2. The number of ether oxygens (including phenoxy) is 2. The number of rotatable bonds is 36. The van der Waals surface area contributed by atoms with Crippen LogP contribution in [0.15, 0.2) is 72.9 Å². The van der Waals surface area contributed by atoms with Gasteiger partial charge in [0.25, 0.3) is 0 Å². The predicted molar refractivity (Wildman–Crippen MR) is 228 cm³/mol. The number of phosphoric ester groups is 1. The highest BCUT2D eigenvalue weighted by Crippen LogP contribution is 2.43. The Bertz CT molecular complexity index is 1250. The minimum atomic E-state index is -4.46. The minimum absolute atomic E-state index is 0.0293. The van der Waals surface area contributed by atoms with Crippen molar-refractivity contribution in [1.29, 1.82) is 0 Å². The highest BCUT2D eigenvalue weighted by Gasteiger charge is 2.27. The molecule has 13 heteroatoms. The predicted octanol–water partition coefficient (Wildman–Crippen LogP) is 8.37. The van der Waals surface area contributed by atoms with E-state index in [1.165, 1.54) is 31.8 Å². The van der Waals surface area contributed by atoms with Crippen molar-refractivity contribution in [3.63, 3.8) is 0 Å². The number of carbonyl (C=O) groups is 2. The number of hydrogen-bond donors (Lipinski definition) is 4. The molecule has 0 aliphatic rings. The van der Waals surface area contributed by atoms with E-state index >= 15 is 0 Å². The number of carbonyl (C=O) groups excluding carboxylic acids is 2. The van der Waals surface area contributed by atoms with Crippen LogP contribution in [0, 0.1) is 0 Å². The summed E-state index contributed by atoms with van der Waals surface area (Å²) in [5.74, 6) is -1.15. The summed E-state index contributed by atoms with van der Waals surface area (Å²) in [6, 6.07) is 0. The molecule has 0 aliphatic carbocycles. The third-order valence-electron chi connectivity index (χ3n) is 8.56. The molecule has 0 aromatic carbocycles. The van der Waals surface area contributed by atoms with Crippen LogP contribution in [-0.4, -0.2) is 109 Å². The number of aliphatic hydroxyl groups is 3. The van der Waals surface area contributed by atoms with Crippen molar-refractivity contribution in [2.24, 2.45) is 0 Å². The monoisotopic (exact) mass is 827 g/mol. The summed E-state index contributed by atoms with van der Waals surface area (Å²) in [7, 11) is 1.27. The van der Waals surface area contributed by atoms with Gasteiger partial charge in [0.15, 0.2) is 6.10 Å². The van der Waals surface area contributed by atoms with E-state index in [1.807, 2.05) is 40.2 Å². The standard InChI is InChI=1S/C44H76NO11P/c1-6-8-10-11-12-13-14-15-16-17-18-23-27-33-44(50)56-40(38-55-57(51,52)54-36-35-45(3,4)5)37-53-43(49)34-28-32-42(48)41(47)31-26-22-20-19-21-25-30-39(46)29-24-9-7-2/h9,13-14,19-22,24-26,30-31,39-42,46-48H,6-8,10-12,15-18,23,27-29,32-38H2,1-5H3/p+1/b14-13-,21-19+,22-20-,24-9-,30-25+,31-26-/t39-,40-,41+,42+/m1/s1.